The number of rotatable bonds is 3. The van der Waals surface area contributed by atoms with Crippen LogP contribution in [0.25, 0.3) is 0 Å². The maximum atomic E-state index is 12.7. The minimum Gasteiger partial charge on any atom is -0.344 e. The molecule has 0 spiro atoms. The van der Waals surface area contributed by atoms with Crippen molar-refractivity contribution in [3.8, 4) is 0 Å². The molecule has 1 heterocycles. The number of pyridine rings is 1. The molecule has 0 bridgehead atoms. The van der Waals surface area contributed by atoms with Gasteiger partial charge in [0.05, 0.1) is 16.3 Å². The molecule has 1 aromatic carbocycles. The van der Waals surface area contributed by atoms with E-state index in [2.05, 4.69) is 15.6 Å². The summed E-state index contributed by atoms with van der Waals surface area (Å²) in [4.78, 5) is 27.3. The van der Waals surface area contributed by atoms with Crippen LogP contribution in [0, 0.1) is 0 Å². The average molecular weight is 358 g/mol. The predicted octanol–water partition coefficient (Wildman–Crippen LogP) is 3.01. The van der Waals surface area contributed by atoms with Crippen molar-refractivity contribution in [2.45, 2.75) is 12.7 Å². The first kappa shape index (κ1) is 17.7. The maximum Gasteiger partial charge on any atom is 0.416 e. The molecule has 0 aliphatic carbocycles. The molecule has 126 valence electrons. The number of benzene rings is 1. The molecule has 0 saturated heterocycles. The van der Waals surface area contributed by atoms with Crippen LogP contribution in [-0.2, 0) is 22.3 Å². The molecule has 24 heavy (non-hydrogen) atoms. The van der Waals surface area contributed by atoms with Gasteiger partial charge in [0.25, 0.3) is 0 Å². The summed E-state index contributed by atoms with van der Waals surface area (Å²) in [6, 6.07) is 5.72. The number of halogens is 4. The van der Waals surface area contributed by atoms with Crippen molar-refractivity contribution in [3.63, 3.8) is 0 Å². The molecule has 2 N–H and O–H groups in total. The topological polar surface area (TPSA) is 71.1 Å². The summed E-state index contributed by atoms with van der Waals surface area (Å²) >= 11 is 5.75. The lowest BCUT2D eigenvalue weighted by molar-refractivity contribution is -0.137. The monoisotopic (exact) mass is 357 g/mol. The molecule has 0 aliphatic heterocycles. The number of aromatic nitrogens is 1. The maximum absolute atomic E-state index is 12.7. The highest BCUT2D eigenvalue weighted by Gasteiger charge is 2.31. The number of carbonyl (C=O) groups is 2. The lowest BCUT2D eigenvalue weighted by atomic mass is 10.2. The smallest absolute Gasteiger partial charge is 0.344 e. The van der Waals surface area contributed by atoms with Crippen molar-refractivity contribution < 1.29 is 22.8 Å². The Kier molecular flexibility index (Phi) is 5.40. The quantitative estimate of drug-likeness (QED) is 0.829. The van der Waals surface area contributed by atoms with E-state index in [0.29, 0.717) is 11.6 Å². The van der Waals surface area contributed by atoms with E-state index in [4.69, 9.17) is 11.6 Å². The lowest BCUT2D eigenvalue weighted by Crippen LogP contribution is -2.35. The molecular weight excluding hydrogens is 347 g/mol. The van der Waals surface area contributed by atoms with Gasteiger partial charge in [-0.3, -0.25) is 14.6 Å². The minimum absolute atomic E-state index is 0.0745. The number of hydrogen-bond acceptors (Lipinski definition) is 3. The number of nitrogens with zero attached hydrogens (tertiary/aromatic N) is 1. The molecule has 0 fully saturated rings. The number of amides is 2. The molecule has 1 aromatic heterocycles. The summed E-state index contributed by atoms with van der Waals surface area (Å²) in [7, 11) is 0. The first-order valence-corrected chi connectivity index (χ1v) is 7.00. The van der Waals surface area contributed by atoms with E-state index in [1.807, 2.05) is 0 Å². The third-order valence-electron chi connectivity index (χ3n) is 2.95. The standard InChI is InChI=1S/C15H11ClF3N3O2/c16-11-2-1-10(15(17,18)19)7-12(11)22-14(24)13(23)21-8-9-3-5-20-6-4-9/h1-7H,8H2,(H,21,23)(H,22,24). The van der Waals surface area contributed by atoms with Crippen LogP contribution in [0.5, 0.6) is 0 Å². The Hall–Kier alpha value is -2.61. The van der Waals surface area contributed by atoms with Crippen LogP contribution < -0.4 is 10.6 Å². The summed E-state index contributed by atoms with van der Waals surface area (Å²) < 4.78 is 38.0. The van der Waals surface area contributed by atoms with Crippen LogP contribution in [0.15, 0.2) is 42.7 Å². The molecule has 0 saturated carbocycles. The van der Waals surface area contributed by atoms with Crippen LogP contribution in [0.2, 0.25) is 5.02 Å². The third-order valence-corrected chi connectivity index (χ3v) is 3.28. The van der Waals surface area contributed by atoms with Crippen molar-refractivity contribution in [1.82, 2.24) is 10.3 Å². The van der Waals surface area contributed by atoms with Gasteiger partial charge in [0.15, 0.2) is 0 Å². The van der Waals surface area contributed by atoms with Gasteiger partial charge in [-0.05, 0) is 35.9 Å². The van der Waals surface area contributed by atoms with E-state index in [9.17, 15) is 22.8 Å². The Morgan fingerprint density at radius 2 is 1.75 bits per heavy atom. The molecule has 0 atom stereocenters. The van der Waals surface area contributed by atoms with E-state index < -0.39 is 23.6 Å². The number of carbonyl (C=O) groups excluding carboxylic acids is 2. The van der Waals surface area contributed by atoms with Gasteiger partial charge in [-0.2, -0.15) is 13.2 Å². The van der Waals surface area contributed by atoms with Crippen LogP contribution in [0.3, 0.4) is 0 Å². The highest BCUT2D eigenvalue weighted by atomic mass is 35.5. The largest absolute Gasteiger partial charge is 0.416 e. The molecule has 2 rings (SSSR count). The first-order valence-electron chi connectivity index (χ1n) is 6.62. The normalized spacial score (nSPS) is 11.0. The van der Waals surface area contributed by atoms with Crippen LogP contribution in [0.1, 0.15) is 11.1 Å². The average Bonchev–Trinajstić information content (AvgIpc) is 2.54. The Morgan fingerprint density at radius 1 is 1.08 bits per heavy atom. The first-order chi connectivity index (χ1) is 11.3. The molecule has 0 unspecified atom stereocenters. The number of anilines is 1. The van der Waals surface area contributed by atoms with Gasteiger partial charge < -0.3 is 10.6 Å². The zero-order valence-corrected chi connectivity index (χ0v) is 12.8. The van der Waals surface area contributed by atoms with Crippen molar-refractivity contribution in [2.24, 2.45) is 0 Å². The van der Waals surface area contributed by atoms with Crippen LogP contribution in [-0.4, -0.2) is 16.8 Å². The third kappa shape index (κ3) is 4.69. The molecule has 0 radical (unpaired) electrons. The summed E-state index contributed by atoms with van der Waals surface area (Å²) in [6.45, 7) is 0.0745. The molecule has 2 amide bonds. The van der Waals surface area contributed by atoms with Crippen LogP contribution >= 0.6 is 11.6 Å². The van der Waals surface area contributed by atoms with Gasteiger partial charge in [-0.25, -0.2) is 0 Å². The Labute approximate surface area is 139 Å². The fourth-order valence-electron chi connectivity index (χ4n) is 1.74. The number of hydrogen-bond donors (Lipinski definition) is 2. The van der Waals surface area contributed by atoms with Gasteiger partial charge in [0, 0.05) is 18.9 Å². The summed E-state index contributed by atoms with van der Waals surface area (Å²) in [5, 5.41) is 4.29. The summed E-state index contributed by atoms with van der Waals surface area (Å²) in [6.07, 6.45) is -1.55. The van der Waals surface area contributed by atoms with Gasteiger partial charge in [0.1, 0.15) is 0 Å². The summed E-state index contributed by atoms with van der Waals surface area (Å²) in [5.41, 5.74) is -0.571. The fourth-order valence-corrected chi connectivity index (χ4v) is 1.90. The van der Waals surface area contributed by atoms with E-state index in [0.717, 1.165) is 12.1 Å². The van der Waals surface area contributed by atoms with Crippen molar-refractivity contribution >= 4 is 29.1 Å². The van der Waals surface area contributed by atoms with Gasteiger partial charge in [0.2, 0.25) is 0 Å². The van der Waals surface area contributed by atoms with Gasteiger partial charge in [-0.15, -0.1) is 0 Å². The SMILES string of the molecule is O=C(NCc1ccncc1)C(=O)Nc1cc(C(F)(F)F)ccc1Cl. The van der Waals surface area contributed by atoms with E-state index in [-0.39, 0.29) is 17.3 Å². The van der Waals surface area contributed by atoms with Crippen molar-refractivity contribution in [1.29, 1.82) is 0 Å². The second-order valence-corrected chi connectivity index (χ2v) is 5.09. The predicted molar refractivity (Wildman–Crippen MR) is 81.2 cm³/mol. The zero-order valence-electron chi connectivity index (χ0n) is 12.0. The Balaban J connectivity index is 2.02. The number of alkyl halides is 3. The molecular formula is C15H11ClF3N3O2. The summed E-state index contributed by atoms with van der Waals surface area (Å²) in [5.74, 6) is -2.12. The molecule has 5 nitrogen and oxygen atoms in total. The minimum atomic E-state index is -4.59. The highest BCUT2D eigenvalue weighted by molar-refractivity contribution is 6.41. The number of nitrogens with one attached hydrogen (secondary N) is 2. The van der Waals surface area contributed by atoms with Crippen molar-refractivity contribution in [3.05, 3.63) is 58.9 Å². The molecule has 9 heteroatoms. The second-order valence-electron chi connectivity index (χ2n) is 4.68. The van der Waals surface area contributed by atoms with Crippen molar-refractivity contribution in [2.75, 3.05) is 5.32 Å². The highest BCUT2D eigenvalue weighted by Crippen LogP contribution is 2.33. The van der Waals surface area contributed by atoms with E-state index >= 15 is 0 Å². The van der Waals surface area contributed by atoms with Gasteiger partial charge in [-0.1, -0.05) is 11.6 Å². The molecule has 0 aliphatic rings. The van der Waals surface area contributed by atoms with E-state index in [1.54, 1.807) is 12.1 Å². The zero-order chi connectivity index (χ0) is 17.7. The van der Waals surface area contributed by atoms with Crippen LogP contribution in [0.4, 0.5) is 18.9 Å². The Bertz CT molecular complexity index is 751. The molecule has 2 aromatic rings. The van der Waals surface area contributed by atoms with E-state index in [1.165, 1.54) is 12.4 Å². The second kappa shape index (κ2) is 7.31. The Morgan fingerprint density at radius 3 is 2.38 bits per heavy atom. The fraction of sp³-hybridized carbons (Fsp3) is 0.133. The van der Waals surface area contributed by atoms with Gasteiger partial charge >= 0.3 is 18.0 Å². The lowest BCUT2D eigenvalue weighted by Gasteiger charge is -2.11.